The minimum atomic E-state index is 0.383. The Hall–Kier alpha value is -3.13. The van der Waals surface area contributed by atoms with Gasteiger partial charge in [0, 0.05) is 6.07 Å². The molecule has 0 aliphatic heterocycles. The van der Waals surface area contributed by atoms with Crippen molar-refractivity contribution < 1.29 is 14.2 Å². The minimum absolute atomic E-state index is 0.383. The molecule has 1 N–H and O–H groups in total. The Morgan fingerprint density at radius 3 is 2.55 bits per heavy atom. The molecule has 0 bridgehead atoms. The first-order valence-corrected chi connectivity index (χ1v) is 9.74. The second kappa shape index (κ2) is 9.88. The normalized spacial score (nSPS) is 11.0. The molecular weight excluding hydrogens is 388 g/mol. The number of hydrogen-bond acceptors (Lipinski definition) is 6. The van der Waals surface area contributed by atoms with Crippen molar-refractivity contribution in [1.29, 1.82) is 0 Å². The van der Waals surface area contributed by atoms with Crippen LogP contribution in [0.25, 0.3) is 11.4 Å². The van der Waals surface area contributed by atoms with Crippen LogP contribution in [-0.2, 0) is 0 Å². The zero-order chi connectivity index (χ0) is 20.6. The van der Waals surface area contributed by atoms with Crippen molar-refractivity contribution in [2.45, 2.75) is 19.8 Å². The van der Waals surface area contributed by atoms with E-state index < -0.39 is 0 Å². The van der Waals surface area contributed by atoms with Crippen LogP contribution in [0, 0.1) is 4.77 Å². The molecule has 0 fully saturated rings. The standard InChI is InChI=1S/C21H24N4O3S/c1-4-5-12-28-16-8-6-15(7-9-16)14-22-25-20(23-24-21(25)29)18-11-10-17(26-2)13-19(18)27-3/h6-11,13-14H,4-5,12H2,1-3H3,(H,24,29)/b22-14-. The quantitative estimate of drug-likeness (QED) is 0.314. The van der Waals surface area contributed by atoms with Gasteiger partial charge in [0.15, 0.2) is 5.82 Å². The number of nitrogens with zero attached hydrogens (tertiary/aromatic N) is 3. The van der Waals surface area contributed by atoms with Crippen molar-refractivity contribution >= 4 is 18.4 Å². The van der Waals surface area contributed by atoms with Crippen molar-refractivity contribution in [3.8, 4) is 28.6 Å². The van der Waals surface area contributed by atoms with Crippen LogP contribution in [0.3, 0.4) is 0 Å². The third kappa shape index (κ3) is 5.03. The zero-order valence-electron chi connectivity index (χ0n) is 16.7. The van der Waals surface area contributed by atoms with Gasteiger partial charge in [-0.2, -0.15) is 14.9 Å². The fraction of sp³-hybridized carbons (Fsp3) is 0.286. The molecule has 1 aromatic heterocycles. The summed E-state index contributed by atoms with van der Waals surface area (Å²) in [5.41, 5.74) is 1.67. The van der Waals surface area contributed by atoms with Gasteiger partial charge in [0.25, 0.3) is 0 Å². The van der Waals surface area contributed by atoms with Gasteiger partial charge in [-0.15, -0.1) is 0 Å². The molecule has 0 unspecified atom stereocenters. The highest BCUT2D eigenvalue weighted by molar-refractivity contribution is 7.71. The monoisotopic (exact) mass is 412 g/mol. The van der Waals surface area contributed by atoms with Gasteiger partial charge in [-0.05, 0) is 60.6 Å². The molecule has 0 radical (unpaired) electrons. The third-order valence-corrected chi connectivity index (χ3v) is 4.53. The lowest BCUT2D eigenvalue weighted by molar-refractivity contribution is 0.309. The number of ether oxygens (including phenoxy) is 3. The molecule has 152 valence electrons. The highest BCUT2D eigenvalue weighted by Gasteiger charge is 2.14. The summed E-state index contributed by atoms with van der Waals surface area (Å²) in [4.78, 5) is 0. The lowest BCUT2D eigenvalue weighted by Gasteiger charge is -2.09. The minimum Gasteiger partial charge on any atom is -0.497 e. The van der Waals surface area contributed by atoms with Gasteiger partial charge in [-0.1, -0.05) is 13.3 Å². The summed E-state index contributed by atoms with van der Waals surface area (Å²) in [5.74, 6) is 2.70. The molecular formula is C21H24N4O3S. The fourth-order valence-electron chi connectivity index (χ4n) is 2.67. The summed E-state index contributed by atoms with van der Waals surface area (Å²) in [6.45, 7) is 2.86. The topological polar surface area (TPSA) is 73.7 Å². The Balaban J connectivity index is 1.84. The Morgan fingerprint density at radius 1 is 1.10 bits per heavy atom. The molecule has 0 atom stereocenters. The predicted octanol–water partition coefficient (Wildman–Crippen LogP) is 4.69. The van der Waals surface area contributed by atoms with Gasteiger partial charge in [-0.25, -0.2) is 5.10 Å². The van der Waals surface area contributed by atoms with Crippen LogP contribution in [0.1, 0.15) is 25.3 Å². The largest absolute Gasteiger partial charge is 0.497 e. The number of hydrogen-bond donors (Lipinski definition) is 1. The van der Waals surface area contributed by atoms with E-state index in [0.29, 0.717) is 22.1 Å². The van der Waals surface area contributed by atoms with E-state index in [9.17, 15) is 0 Å². The maximum atomic E-state index is 5.69. The van der Waals surface area contributed by atoms with E-state index in [4.69, 9.17) is 26.4 Å². The lowest BCUT2D eigenvalue weighted by atomic mass is 10.2. The average Bonchev–Trinajstić information content (AvgIpc) is 3.13. The van der Waals surface area contributed by atoms with Gasteiger partial charge < -0.3 is 14.2 Å². The number of aromatic amines is 1. The molecule has 0 spiro atoms. The molecule has 8 heteroatoms. The highest BCUT2D eigenvalue weighted by Crippen LogP contribution is 2.32. The van der Waals surface area contributed by atoms with Gasteiger partial charge in [-0.3, -0.25) is 0 Å². The molecule has 7 nitrogen and oxygen atoms in total. The first-order chi connectivity index (χ1) is 14.2. The summed E-state index contributed by atoms with van der Waals surface area (Å²) >= 11 is 5.34. The van der Waals surface area contributed by atoms with Crippen molar-refractivity contribution in [2.75, 3.05) is 20.8 Å². The number of H-pyrrole nitrogens is 1. The summed E-state index contributed by atoms with van der Waals surface area (Å²) < 4.78 is 18.4. The summed E-state index contributed by atoms with van der Waals surface area (Å²) in [6, 6.07) is 13.2. The van der Waals surface area contributed by atoms with Crippen LogP contribution in [0.4, 0.5) is 0 Å². The van der Waals surface area contributed by atoms with Crippen molar-refractivity contribution in [3.63, 3.8) is 0 Å². The van der Waals surface area contributed by atoms with Crippen molar-refractivity contribution in [1.82, 2.24) is 14.9 Å². The maximum absolute atomic E-state index is 5.69. The smallest absolute Gasteiger partial charge is 0.216 e. The van der Waals surface area contributed by atoms with E-state index >= 15 is 0 Å². The van der Waals surface area contributed by atoms with E-state index in [1.54, 1.807) is 31.2 Å². The molecule has 0 saturated carbocycles. The first kappa shape index (κ1) is 20.6. The van der Waals surface area contributed by atoms with Gasteiger partial charge in [0.05, 0.1) is 32.6 Å². The second-order valence-corrected chi connectivity index (χ2v) is 6.63. The van der Waals surface area contributed by atoms with Gasteiger partial charge in [0.1, 0.15) is 17.2 Å². The van der Waals surface area contributed by atoms with Crippen molar-refractivity contribution in [3.05, 3.63) is 52.8 Å². The lowest BCUT2D eigenvalue weighted by Crippen LogP contribution is -1.98. The number of nitrogens with one attached hydrogen (secondary N) is 1. The SMILES string of the molecule is CCCCOc1ccc(/C=N\n2c(-c3ccc(OC)cc3OC)n[nH]c2=S)cc1. The summed E-state index contributed by atoms with van der Waals surface area (Å²) in [7, 11) is 3.20. The fourth-order valence-corrected chi connectivity index (χ4v) is 2.84. The number of benzene rings is 2. The summed E-state index contributed by atoms with van der Waals surface area (Å²) in [6.07, 6.45) is 3.87. The molecule has 2 aromatic carbocycles. The molecule has 3 rings (SSSR count). The van der Waals surface area contributed by atoms with E-state index in [0.717, 1.165) is 36.3 Å². The highest BCUT2D eigenvalue weighted by atomic mass is 32.1. The maximum Gasteiger partial charge on any atom is 0.216 e. The summed E-state index contributed by atoms with van der Waals surface area (Å²) in [5, 5.41) is 11.6. The van der Waals surface area contributed by atoms with Crippen molar-refractivity contribution in [2.24, 2.45) is 5.10 Å². The molecule has 1 heterocycles. The van der Waals surface area contributed by atoms with Crippen LogP contribution < -0.4 is 14.2 Å². The second-order valence-electron chi connectivity index (χ2n) is 6.25. The Labute approximate surface area is 174 Å². The third-order valence-electron chi connectivity index (χ3n) is 4.27. The zero-order valence-corrected chi connectivity index (χ0v) is 17.5. The molecule has 0 amide bonds. The van der Waals surface area contributed by atoms with Crippen LogP contribution in [0.5, 0.6) is 17.2 Å². The molecule has 3 aromatic rings. The number of methoxy groups -OCH3 is 2. The number of unbranched alkanes of at least 4 members (excludes halogenated alkanes) is 1. The Morgan fingerprint density at radius 2 is 1.86 bits per heavy atom. The number of aromatic nitrogens is 3. The first-order valence-electron chi connectivity index (χ1n) is 9.33. The predicted molar refractivity (Wildman–Crippen MR) is 116 cm³/mol. The van der Waals surface area contributed by atoms with Crippen LogP contribution >= 0.6 is 12.2 Å². The van der Waals surface area contributed by atoms with Crippen LogP contribution in [0.15, 0.2) is 47.6 Å². The Bertz CT molecular complexity index is 1030. The van der Waals surface area contributed by atoms with E-state index in [-0.39, 0.29) is 0 Å². The molecule has 0 aliphatic rings. The van der Waals surface area contributed by atoms with Crippen LogP contribution in [-0.4, -0.2) is 41.9 Å². The molecule has 0 saturated heterocycles. The number of rotatable bonds is 9. The van der Waals surface area contributed by atoms with Gasteiger partial charge >= 0.3 is 0 Å². The van der Waals surface area contributed by atoms with E-state index in [2.05, 4.69) is 22.2 Å². The average molecular weight is 413 g/mol. The van der Waals surface area contributed by atoms with E-state index in [1.165, 1.54) is 0 Å². The van der Waals surface area contributed by atoms with Crippen LogP contribution in [0.2, 0.25) is 0 Å². The Kier molecular flexibility index (Phi) is 7.02. The molecule has 29 heavy (non-hydrogen) atoms. The molecule has 0 aliphatic carbocycles. The van der Waals surface area contributed by atoms with Gasteiger partial charge in [0.2, 0.25) is 4.77 Å². The van der Waals surface area contributed by atoms with E-state index in [1.807, 2.05) is 36.4 Å².